The summed E-state index contributed by atoms with van der Waals surface area (Å²) >= 11 is 0. The molecule has 0 aliphatic carbocycles. The third kappa shape index (κ3) is 4.00. The molecule has 0 amide bonds. The number of aromatic nitrogens is 1. The summed E-state index contributed by atoms with van der Waals surface area (Å²) in [5.41, 5.74) is 0.856. The van der Waals surface area contributed by atoms with Crippen molar-refractivity contribution >= 4 is 21.0 Å². The standard InChI is InChI=1S/C20H28N4O3S/c25-20-6-5-17-7-8-21-15-18(17)19(20)16-22-11-13-24(14-12-22)28(26,27)23-9-3-1-2-4-10-23/h5-8,15,25H,1-4,9-14,16H2. The molecule has 152 valence electrons. The first-order valence-electron chi connectivity index (χ1n) is 10.1. The van der Waals surface area contributed by atoms with Gasteiger partial charge in [-0.15, -0.1) is 0 Å². The average molecular weight is 405 g/mol. The second-order valence-corrected chi connectivity index (χ2v) is 9.58. The smallest absolute Gasteiger partial charge is 0.282 e. The molecule has 1 aromatic carbocycles. The van der Waals surface area contributed by atoms with Crippen LogP contribution in [0.5, 0.6) is 5.75 Å². The fourth-order valence-electron chi connectivity index (χ4n) is 4.15. The highest BCUT2D eigenvalue weighted by Gasteiger charge is 2.32. The molecule has 2 saturated heterocycles. The number of aromatic hydroxyl groups is 1. The minimum atomic E-state index is -3.37. The maximum atomic E-state index is 13.0. The van der Waals surface area contributed by atoms with Gasteiger partial charge in [-0.1, -0.05) is 18.9 Å². The fourth-order valence-corrected chi connectivity index (χ4v) is 5.82. The SMILES string of the molecule is O=S(=O)(N1CCCCCC1)N1CCN(Cc2c(O)ccc3ccncc23)CC1. The minimum absolute atomic E-state index is 0.264. The Kier molecular flexibility index (Phi) is 5.82. The van der Waals surface area contributed by atoms with Crippen LogP contribution >= 0.6 is 0 Å². The van der Waals surface area contributed by atoms with Gasteiger partial charge in [-0.25, -0.2) is 0 Å². The number of piperazine rings is 1. The number of nitrogens with zero attached hydrogens (tertiary/aromatic N) is 4. The minimum Gasteiger partial charge on any atom is -0.508 e. The first-order chi connectivity index (χ1) is 13.6. The lowest BCUT2D eigenvalue weighted by atomic mass is 10.0. The van der Waals surface area contributed by atoms with Crippen molar-refractivity contribution < 1.29 is 13.5 Å². The number of benzene rings is 1. The van der Waals surface area contributed by atoms with E-state index in [0.29, 0.717) is 45.8 Å². The van der Waals surface area contributed by atoms with E-state index in [-0.39, 0.29) is 5.75 Å². The second-order valence-electron chi connectivity index (χ2n) is 7.66. The van der Waals surface area contributed by atoms with E-state index in [4.69, 9.17) is 0 Å². The lowest BCUT2D eigenvalue weighted by Gasteiger charge is -2.36. The van der Waals surface area contributed by atoms with Gasteiger partial charge in [0.15, 0.2) is 0 Å². The predicted octanol–water partition coefficient (Wildman–Crippen LogP) is 2.18. The lowest BCUT2D eigenvalue weighted by molar-refractivity contribution is 0.174. The maximum absolute atomic E-state index is 13.0. The summed E-state index contributed by atoms with van der Waals surface area (Å²) in [4.78, 5) is 6.39. The fraction of sp³-hybridized carbons (Fsp3) is 0.550. The Morgan fingerprint density at radius 2 is 1.57 bits per heavy atom. The molecule has 4 rings (SSSR count). The number of rotatable bonds is 4. The van der Waals surface area contributed by atoms with Crippen molar-refractivity contribution in [1.29, 1.82) is 0 Å². The summed E-state index contributed by atoms with van der Waals surface area (Å²) in [6, 6.07) is 5.54. The van der Waals surface area contributed by atoms with Crippen LogP contribution in [0.3, 0.4) is 0 Å². The largest absolute Gasteiger partial charge is 0.508 e. The van der Waals surface area contributed by atoms with Crippen molar-refractivity contribution in [3.63, 3.8) is 0 Å². The highest BCUT2D eigenvalue weighted by atomic mass is 32.2. The molecule has 2 fully saturated rings. The molecule has 2 aliphatic heterocycles. The molecule has 28 heavy (non-hydrogen) atoms. The van der Waals surface area contributed by atoms with Crippen molar-refractivity contribution in [2.24, 2.45) is 0 Å². The molecule has 2 aliphatic rings. The Morgan fingerprint density at radius 3 is 2.29 bits per heavy atom. The van der Waals surface area contributed by atoms with E-state index in [1.54, 1.807) is 27.1 Å². The third-order valence-corrected chi connectivity index (χ3v) is 7.88. The predicted molar refractivity (Wildman–Crippen MR) is 109 cm³/mol. The first-order valence-corrected chi connectivity index (χ1v) is 11.5. The van der Waals surface area contributed by atoms with Gasteiger partial charge in [0.25, 0.3) is 10.2 Å². The van der Waals surface area contributed by atoms with E-state index in [0.717, 1.165) is 42.0 Å². The molecule has 0 radical (unpaired) electrons. The van der Waals surface area contributed by atoms with Gasteiger partial charge in [0.2, 0.25) is 0 Å². The highest BCUT2D eigenvalue weighted by Crippen LogP contribution is 2.28. The zero-order valence-electron chi connectivity index (χ0n) is 16.1. The number of phenols is 1. The van der Waals surface area contributed by atoms with Crippen LogP contribution in [0.1, 0.15) is 31.2 Å². The maximum Gasteiger partial charge on any atom is 0.282 e. The number of fused-ring (bicyclic) bond motifs is 1. The molecule has 0 spiro atoms. The number of hydrogen-bond donors (Lipinski definition) is 1. The summed E-state index contributed by atoms with van der Waals surface area (Å²) in [7, 11) is -3.37. The molecule has 0 saturated carbocycles. The van der Waals surface area contributed by atoms with Gasteiger partial charge < -0.3 is 5.11 Å². The Balaban J connectivity index is 1.43. The normalized spacial score (nSPS) is 21.0. The Labute approximate surface area is 166 Å². The quantitative estimate of drug-likeness (QED) is 0.845. The highest BCUT2D eigenvalue weighted by molar-refractivity contribution is 7.86. The van der Waals surface area contributed by atoms with Crippen molar-refractivity contribution in [3.8, 4) is 5.75 Å². The van der Waals surface area contributed by atoms with E-state index < -0.39 is 10.2 Å². The Hall–Kier alpha value is -1.74. The number of hydrogen-bond acceptors (Lipinski definition) is 5. The summed E-state index contributed by atoms with van der Waals surface area (Å²) in [6.07, 6.45) is 7.66. The number of phenolic OH excluding ortho intramolecular Hbond substituents is 1. The molecule has 0 atom stereocenters. The molecule has 3 heterocycles. The number of pyridine rings is 1. The molecular weight excluding hydrogens is 376 g/mol. The van der Waals surface area contributed by atoms with Crippen molar-refractivity contribution in [1.82, 2.24) is 18.5 Å². The van der Waals surface area contributed by atoms with Crippen molar-refractivity contribution in [2.75, 3.05) is 39.3 Å². The average Bonchev–Trinajstić information content (AvgIpc) is 3.01. The van der Waals surface area contributed by atoms with E-state index in [9.17, 15) is 13.5 Å². The summed E-state index contributed by atoms with van der Waals surface area (Å²) in [6.45, 7) is 4.16. The second kappa shape index (κ2) is 8.32. The summed E-state index contributed by atoms with van der Waals surface area (Å²) < 4.78 is 29.2. The summed E-state index contributed by atoms with van der Waals surface area (Å²) in [5.74, 6) is 0.264. The first kappa shape index (κ1) is 19.6. The van der Waals surface area contributed by atoms with Gasteiger partial charge in [-0.3, -0.25) is 9.88 Å². The molecule has 0 unspecified atom stereocenters. The van der Waals surface area contributed by atoms with Gasteiger partial charge >= 0.3 is 0 Å². The van der Waals surface area contributed by atoms with Crippen LogP contribution < -0.4 is 0 Å². The van der Waals surface area contributed by atoms with Gasteiger partial charge in [0.05, 0.1) is 0 Å². The summed E-state index contributed by atoms with van der Waals surface area (Å²) in [5, 5.41) is 12.3. The molecular formula is C20H28N4O3S. The van der Waals surface area contributed by atoms with Crippen LogP contribution in [0.25, 0.3) is 10.8 Å². The lowest BCUT2D eigenvalue weighted by Crippen LogP contribution is -2.52. The van der Waals surface area contributed by atoms with Gasteiger partial charge in [-0.05, 0) is 30.4 Å². The molecule has 0 bridgehead atoms. The van der Waals surface area contributed by atoms with Crippen LogP contribution in [-0.2, 0) is 16.8 Å². The van der Waals surface area contributed by atoms with Crippen LogP contribution in [-0.4, -0.2) is 71.3 Å². The van der Waals surface area contributed by atoms with Gasteiger partial charge in [0, 0.05) is 69.2 Å². The van der Waals surface area contributed by atoms with Crippen molar-refractivity contribution in [2.45, 2.75) is 32.2 Å². The van der Waals surface area contributed by atoms with Gasteiger partial charge in [-0.2, -0.15) is 17.0 Å². The molecule has 7 nitrogen and oxygen atoms in total. The van der Waals surface area contributed by atoms with Crippen LogP contribution in [0.15, 0.2) is 30.6 Å². The molecule has 2 aromatic rings. The third-order valence-electron chi connectivity index (χ3n) is 5.84. The topological polar surface area (TPSA) is 77.0 Å². The molecule has 1 N–H and O–H groups in total. The van der Waals surface area contributed by atoms with E-state index >= 15 is 0 Å². The molecule has 8 heteroatoms. The van der Waals surface area contributed by atoms with Crippen LogP contribution in [0.4, 0.5) is 0 Å². The van der Waals surface area contributed by atoms with E-state index in [1.165, 1.54) is 0 Å². The monoisotopic (exact) mass is 404 g/mol. The van der Waals surface area contributed by atoms with E-state index in [1.807, 2.05) is 12.1 Å². The van der Waals surface area contributed by atoms with Crippen molar-refractivity contribution in [3.05, 3.63) is 36.2 Å². The van der Waals surface area contributed by atoms with Gasteiger partial charge in [0.1, 0.15) is 5.75 Å². The zero-order chi connectivity index (χ0) is 19.6. The van der Waals surface area contributed by atoms with E-state index in [2.05, 4.69) is 9.88 Å². The Morgan fingerprint density at radius 1 is 0.893 bits per heavy atom. The molecule has 1 aromatic heterocycles. The zero-order valence-corrected chi connectivity index (χ0v) is 16.9. The van der Waals surface area contributed by atoms with Crippen LogP contribution in [0.2, 0.25) is 0 Å². The van der Waals surface area contributed by atoms with Crippen LogP contribution in [0, 0.1) is 0 Å². The Bertz CT molecular complexity index is 918.